The third-order valence-electron chi connectivity index (χ3n) is 4.15. The molecule has 140 valence electrons. The average molecular weight is 359 g/mol. The smallest absolute Gasteiger partial charge is 0.356 e. The normalized spacial score (nSPS) is 11.3. The van der Waals surface area contributed by atoms with Gasteiger partial charge >= 0.3 is 5.97 Å². The molecule has 7 heteroatoms. The minimum absolute atomic E-state index is 0.0164. The fourth-order valence-corrected chi connectivity index (χ4v) is 3.08. The number of aromatic nitrogens is 2. The number of amides is 1. The topological polar surface area (TPSA) is 104 Å². The minimum atomic E-state index is -1.12. The molecule has 1 heterocycles. The van der Waals surface area contributed by atoms with E-state index in [1.807, 2.05) is 13.8 Å². The molecular weight excluding hydrogens is 334 g/mol. The number of carboxylic acids is 1. The number of carboxylic acid groups (broad SMARTS) is 1. The zero-order chi connectivity index (χ0) is 19.2. The van der Waals surface area contributed by atoms with Crippen molar-refractivity contribution in [3.63, 3.8) is 0 Å². The van der Waals surface area contributed by atoms with Crippen molar-refractivity contribution in [3.05, 3.63) is 42.2 Å². The first kappa shape index (κ1) is 19.7. The van der Waals surface area contributed by atoms with Crippen molar-refractivity contribution in [2.75, 3.05) is 5.32 Å². The molecule has 0 saturated heterocycles. The second kappa shape index (κ2) is 8.62. The van der Waals surface area contributed by atoms with Gasteiger partial charge in [-0.1, -0.05) is 38.8 Å². The molecule has 0 aliphatic rings. The first-order valence-electron chi connectivity index (χ1n) is 8.79. The fourth-order valence-electron chi connectivity index (χ4n) is 3.08. The molecule has 1 amide bonds. The lowest BCUT2D eigenvalue weighted by molar-refractivity contribution is -0.121. The van der Waals surface area contributed by atoms with Crippen LogP contribution in [0.4, 0.5) is 5.69 Å². The Bertz CT molecular complexity index is 764. The molecule has 0 bridgehead atoms. The molecule has 1 aromatic carbocycles. The predicted molar refractivity (Wildman–Crippen MR) is 98.5 cm³/mol. The summed E-state index contributed by atoms with van der Waals surface area (Å²) in [6.07, 6.45) is 4.27. The lowest BCUT2D eigenvalue weighted by atomic mass is 9.89. The van der Waals surface area contributed by atoms with E-state index < -0.39 is 11.6 Å². The summed E-state index contributed by atoms with van der Waals surface area (Å²) >= 11 is 0. The van der Waals surface area contributed by atoms with Crippen LogP contribution in [0.1, 0.15) is 56.4 Å². The molecule has 0 unspecified atom stereocenters. The SMILES string of the molecule is CCCC(O)(CCC)CC(=O)Nc1ccccc1-n1ccc(C(=O)O)n1. The molecule has 1 aromatic heterocycles. The van der Waals surface area contributed by atoms with E-state index in [1.54, 1.807) is 24.3 Å². The van der Waals surface area contributed by atoms with Crippen molar-refractivity contribution < 1.29 is 19.8 Å². The van der Waals surface area contributed by atoms with Gasteiger partial charge in [0, 0.05) is 6.20 Å². The van der Waals surface area contributed by atoms with Gasteiger partial charge < -0.3 is 15.5 Å². The van der Waals surface area contributed by atoms with Crippen molar-refractivity contribution in [1.82, 2.24) is 9.78 Å². The first-order valence-corrected chi connectivity index (χ1v) is 8.79. The summed E-state index contributed by atoms with van der Waals surface area (Å²) in [5.41, 5.74) is -0.0211. The summed E-state index contributed by atoms with van der Waals surface area (Å²) in [7, 11) is 0. The van der Waals surface area contributed by atoms with Gasteiger partial charge in [-0.3, -0.25) is 4.79 Å². The largest absolute Gasteiger partial charge is 0.476 e. The number of aromatic carboxylic acids is 1. The van der Waals surface area contributed by atoms with Gasteiger partial charge in [-0.05, 0) is 31.0 Å². The molecule has 0 radical (unpaired) electrons. The number of carbonyl (C=O) groups is 2. The molecule has 0 atom stereocenters. The maximum absolute atomic E-state index is 12.5. The van der Waals surface area contributed by atoms with Crippen molar-refractivity contribution in [2.24, 2.45) is 0 Å². The number of carbonyl (C=O) groups excluding carboxylic acids is 1. The van der Waals surface area contributed by atoms with Crippen molar-refractivity contribution >= 4 is 17.6 Å². The molecule has 2 aromatic rings. The standard InChI is InChI=1S/C19H25N3O4/c1-3-10-19(26,11-4-2)13-17(23)20-14-7-5-6-8-16(14)22-12-9-15(21-22)18(24)25/h5-9,12,26H,3-4,10-11,13H2,1-2H3,(H,20,23)(H,24,25). The van der Waals surface area contributed by atoms with Gasteiger partial charge in [-0.2, -0.15) is 5.10 Å². The molecule has 0 fully saturated rings. The van der Waals surface area contributed by atoms with E-state index in [2.05, 4.69) is 10.4 Å². The number of nitrogens with one attached hydrogen (secondary N) is 1. The van der Waals surface area contributed by atoms with Gasteiger partial charge in [0.2, 0.25) is 5.91 Å². The Hall–Kier alpha value is -2.67. The highest BCUT2D eigenvalue weighted by Crippen LogP contribution is 2.25. The van der Waals surface area contributed by atoms with Gasteiger partial charge in [0.15, 0.2) is 5.69 Å². The quantitative estimate of drug-likeness (QED) is 0.637. The van der Waals surface area contributed by atoms with E-state index >= 15 is 0 Å². The molecule has 0 spiro atoms. The number of aliphatic hydroxyl groups is 1. The number of benzene rings is 1. The summed E-state index contributed by atoms with van der Waals surface area (Å²) in [6, 6.07) is 8.39. The van der Waals surface area contributed by atoms with Crippen LogP contribution in [0.15, 0.2) is 36.5 Å². The van der Waals surface area contributed by atoms with Crippen LogP contribution in [0.25, 0.3) is 5.69 Å². The Labute approximate surface area is 152 Å². The van der Waals surface area contributed by atoms with Gasteiger partial charge in [-0.25, -0.2) is 9.48 Å². The Kier molecular flexibility index (Phi) is 6.52. The zero-order valence-electron chi connectivity index (χ0n) is 15.1. The predicted octanol–water partition coefficient (Wildman–Crippen LogP) is 3.23. The second-order valence-corrected chi connectivity index (χ2v) is 6.42. The van der Waals surface area contributed by atoms with E-state index in [0.717, 1.165) is 12.8 Å². The van der Waals surface area contributed by atoms with Crippen LogP contribution in [-0.4, -0.2) is 37.5 Å². The van der Waals surface area contributed by atoms with Crippen LogP contribution < -0.4 is 5.32 Å². The highest BCUT2D eigenvalue weighted by Gasteiger charge is 2.28. The zero-order valence-corrected chi connectivity index (χ0v) is 15.1. The monoisotopic (exact) mass is 359 g/mol. The molecule has 0 aliphatic heterocycles. The summed E-state index contributed by atoms with van der Waals surface area (Å²) in [5, 5.41) is 26.5. The van der Waals surface area contributed by atoms with Crippen molar-refractivity contribution in [2.45, 2.75) is 51.6 Å². The Balaban J connectivity index is 2.19. The van der Waals surface area contributed by atoms with Gasteiger partial charge in [0.1, 0.15) is 0 Å². The average Bonchev–Trinajstić information content (AvgIpc) is 3.05. The summed E-state index contributed by atoms with van der Waals surface area (Å²) in [5.74, 6) is -1.40. The third kappa shape index (κ3) is 4.92. The lowest BCUT2D eigenvalue weighted by Gasteiger charge is -2.27. The van der Waals surface area contributed by atoms with Crippen LogP contribution in [0, 0.1) is 0 Å². The molecule has 0 saturated carbocycles. The van der Waals surface area contributed by atoms with E-state index in [9.17, 15) is 14.7 Å². The summed E-state index contributed by atoms with van der Waals surface area (Å²) < 4.78 is 1.41. The maximum atomic E-state index is 12.5. The fraction of sp³-hybridized carbons (Fsp3) is 0.421. The van der Waals surface area contributed by atoms with Crippen LogP contribution in [0.3, 0.4) is 0 Å². The third-order valence-corrected chi connectivity index (χ3v) is 4.15. The molecule has 3 N–H and O–H groups in total. The molecule has 2 rings (SSSR count). The van der Waals surface area contributed by atoms with Crippen LogP contribution in [0.5, 0.6) is 0 Å². The van der Waals surface area contributed by atoms with Crippen LogP contribution >= 0.6 is 0 Å². The summed E-state index contributed by atoms with van der Waals surface area (Å²) in [6.45, 7) is 3.96. The van der Waals surface area contributed by atoms with Crippen molar-refractivity contribution in [1.29, 1.82) is 0 Å². The van der Waals surface area contributed by atoms with E-state index in [1.165, 1.54) is 16.9 Å². The highest BCUT2D eigenvalue weighted by atomic mass is 16.4. The maximum Gasteiger partial charge on any atom is 0.356 e. The lowest BCUT2D eigenvalue weighted by Crippen LogP contribution is -2.34. The molecule has 0 aliphatic carbocycles. The number of hydrogen-bond donors (Lipinski definition) is 3. The molecular formula is C19H25N3O4. The van der Waals surface area contributed by atoms with Crippen molar-refractivity contribution in [3.8, 4) is 5.69 Å². The molecule has 26 heavy (non-hydrogen) atoms. The second-order valence-electron chi connectivity index (χ2n) is 6.42. The Morgan fingerprint density at radius 2 is 1.81 bits per heavy atom. The van der Waals surface area contributed by atoms with Crippen LogP contribution in [0.2, 0.25) is 0 Å². The van der Waals surface area contributed by atoms with E-state index in [-0.39, 0.29) is 18.0 Å². The number of para-hydroxylation sites is 2. The number of rotatable bonds is 9. The number of hydrogen-bond acceptors (Lipinski definition) is 4. The van der Waals surface area contributed by atoms with Gasteiger partial charge in [0.25, 0.3) is 0 Å². The number of nitrogens with zero attached hydrogens (tertiary/aromatic N) is 2. The molecule has 7 nitrogen and oxygen atoms in total. The first-order chi connectivity index (χ1) is 12.4. The summed E-state index contributed by atoms with van der Waals surface area (Å²) in [4.78, 5) is 23.5. The Morgan fingerprint density at radius 3 is 2.38 bits per heavy atom. The van der Waals surface area contributed by atoms with Gasteiger partial charge in [0.05, 0.1) is 23.4 Å². The number of anilines is 1. The van der Waals surface area contributed by atoms with E-state index in [0.29, 0.717) is 24.2 Å². The van der Waals surface area contributed by atoms with Crippen LogP contribution in [-0.2, 0) is 4.79 Å². The Morgan fingerprint density at radius 1 is 1.15 bits per heavy atom. The highest BCUT2D eigenvalue weighted by molar-refractivity contribution is 5.93. The minimum Gasteiger partial charge on any atom is -0.476 e. The van der Waals surface area contributed by atoms with Gasteiger partial charge in [-0.15, -0.1) is 0 Å². The van der Waals surface area contributed by atoms with E-state index in [4.69, 9.17) is 5.11 Å².